The number of carbonyl (C=O) groups excluding carboxylic acids is 2. The molecule has 34 heavy (non-hydrogen) atoms. The van der Waals surface area contributed by atoms with Crippen molar-refractivity contribution in [2.75, 3.05) is 12.8 Å². The molecule has 0 saturated carbocycles. The van der Waals surface area contributed by atoms with Crippen LogP contribution in [0.2, 0.25) is 0 Å². The van der Waals surface area contributed by atoms with E-state index in [1.807, 2.05) is 6.07 Å². The zero-order valence-corrected chi connectivity index (χ0v) is 18.7. The van der Waals surface area contributed by atoms with Crippen LogP contribution in [0.25, 0.3) is 0 Å². The number of ether oxygens (including phenoxy) is 1. The van der Waals surface area contributed by atoms with E-state index in [2.05, 4.69) is 15.6 Å². The third kappa shape index (κ3) is 7.28. The second-order valence-corrected chi connectivity index (χ2v) is 7.77. The van der Waals surface area contributed by atoms with Crippen LogP contribution in [-0.4, -0.2) is 41.2 Å². The maximum Gasteiger partial charge on any atom is 0.249 e. The summed E-state index contributed by atoms with van der Waals surface area (Å²) in [6.45, 7) is 0.189. The fourth-order valence-corrected chi connectivity index (χ4v) is 3.30. The van der Waals surface area contributed by atoms with Crippen LogP contribution < -0.4 is 21.1 Å². The molecule has 0 aliphatic rings. The van der Waals surface area contributed by atoms with Crippen LogP contribution in [0.1, 0.15) is 16.7 Å². The predicted molar refractivity (Wildman–Crippen MR) is 125 cm³/mol. The molecule has 0 aliphatic carbocycles. The minimum absolute atomic E-state index is 0.0171. The van der Waals surface area contributed by atoms with Gasteiger partial charge < -0.3 is 26.2 Å². The van der Waals surface area contributed by atoms with Crippen molar-refractivity contribution in [1.82, 2.24) is 15.6 Å². The normalized spacial score (nSPS) is 12.4. The molecule has 8 nitrogen and oxygen atoms in total. The monoisotopic (exact) mass is 466 g/mol. The number of carbonyl (C=O) groups is 2. The number of nitrogens with two attached hydrogens (primary N) is 1. The maximum atomic E-state index is 13.1. The van der Waals surface area contributed by atoms with E-state index < -0.39 is 29.8 Å². The van der Waals surface area contributed by atoms with Crippen LogP contribution in [0.5, 0.6) is 5.75 Å². The highest BCUT2D eigenvalue weighted by atomic mass is 19.1. The number of aromatic nitrogens is 1. The molecule has 3 aromatic rings. The Morgan fingerprint density at radius 3 is 2.44 bits per heavy atom. The summed E-state index contributed by atoms with van der Waals surface area (Å²) >= 11 is 0. The number of benzene rings is 2. The Balaban J connectivity index is 1.69. The lowest BCUT2D eigenvalue weighted by molar-refractivity contribution is -0.134. The Hall–Kier alpha value is -3.98. The number of nitrogen functional groups attached to an aromatic ring is 1. The van der Waals surface area contributed by atoms with Gasteiger partial charge in [0, 0.05) is 25.6 Å². The van der Waals surface area contributed by atoms with Crippen LogP contribution >= 0.6 is 0 Å². The SMILES string of the molecule is COc1cccc(C[C@H](NC(=O)C(O)Cc2ccc(F)cc2)C(=O)NCc2ccc(N)nc2)c1. The number of halogens is 1. The van der Waals surface area contributed by atoms with E-state index in [0.717, 1.165) is 11.1 Å². The summed E-state index contributed by atoms with van der Waals surface area (Å²) in [6, 6.07) is 15.1. The van der Waals surface area contributed by atoms with Crippen LogP contribution in [0.4, 0.5) is 10.2 Å². The quantitative estimate of drug-likeness (QED) is 0.361. The van der Waals surface area contributed by atoms with Crippen LogP contribution in [0.3, 0.4) is 0 Å². The number of nitrogens with one attached hydrogen (secondary N) is 2. The number of pyridine rings is 1. The number of aliphatic hydroxyl groups excluding tert-OH is 1. The maximum absolute atomic E-state index is 13.1. The minimum Gasteiger partial charge on any atom is -0.497 e. The van der Waals surface area contributed by atoms with Crippen LogP contribution in [0.15, 0.2) is 66.9 Å². The summed E-state index contributed by atoms with van der Waals surface area (Å²) in [5.74, 6) is -0.557. The summed E-state index contributed by atoms with van der Waals surface area (Å²) < 4.78 is 18.3. The fourth-order valence-electron chi connectivity index (χ4n) is 3.30. The van der Waals surface area contributed by atoms with E-state index in [0.29, 0.717) is 17.1 Å². The Morgan fingerprint density at radius 2 is 1.76 bits per heavy atom. The largest absolute Gasteiger partial charge is 0.497 e. The van der Waals surface area contributed by atoms with Gasteiger partial charge in [-0.1, -0.05) is 30.3 Å². The molecule has 5 N–H and O–H groups in total. The van der Waals surface area contributed by atoms with E-state index >= 15 is 0 Å². The van der Waals surface area contributed by atoms with E-state index in [4.69, 9.17) is 10.5 Å². The molecule has 2 amide bonds. The molecule has 3 rings (SSSR count). The van der Waals surface area contributed by atoms with Gasteiger partial charge in [-0.25, -0.2) is 9.37 Å². The molecular weight excluding hydrogens is 439 g/mol. The third-order valence-corrected chi connectivity index (χ3v) is 5.17. The zero-order valence-electron chi connectivity index (χ0n) is 18.7. The van der Waals surface area contributed by atoms with Crippen molar-refractivity contribution in [1.29, 1.82) is 0 Å². The first-order valence-corrected chi connectivity index (χ1v) is 10.7. The summed E-state index contributed by atoms with van der Waals surface area (Å²) in [5, 5.41) is 15.8. The highest BCUT2D eigenvalue weighted by Gasteiger charge is 2.25. The third-order valence-electron chi connectivity index (χ3n) is 5.17. The van der Waals surface area contributed by atoms with Crippen molar-refractivity contribution in [3.05, 3.63) is 89.4 Å². The summed E-state index contributed by atoms with van der Waals surface area (Å²) in [4.78, 5) is 29.7. The number of hydrogen-bond acceptors (Lipinski definition) is 6. The van der Waals surface area contributed by atoms with Crippen molar-refractivity contribution >= 4 is 17.6 Å². The van der Waals surface area contributed by atoms with E-state index in [-0.39, 0.29) is 19.4 Å². The van der Waals surface area contributed by atoms with Crippen molar-refractivity contribution in [2.45, 2.75) is 31.5 Å². The van der Waals surface area contributed by atoms with Gasteiger partial charge in [0.15, 0.2) is 0 Å². The molecule has 0 bridgehead atoms. The Kier molecular flexibility index (Phi) is 8.53. The smallest absolute Gasteiger partial charge is 0.249 e. The molecule has 2 aromatic carbocycles. The minimum atomic E-state index is -1.41. The van der Waals surface area contributed by atoms with Gasteiger partial charge in [0.2, 0.25) is 11.8 Å². The number of nitrogens with zero attached hydrogens (tertiary/aromatic N) is 1. The lowest BCUT2D eigenvalue weighted by Crippen LogP contribution is -2.51. The number of aliphatic hydroxyl groups is 1. The fraction of sp³-hybridized carbons (Fsp3) is 0.240. The van der Waals surface area contributed by atoms with E-state index in [1.165, 1.54) is 31.4 Å². The molecule has 2 atom stereocenters. The van der Waals surface area contributed by atoms with Crippen molar-refractivity contribution in [3.8, 4) is 5.75 Å². The zero-order chi connectivity index (χ0) is 24.5. The number of methoxy groups -OCH3 is 1. The molecule has 0 spiro atoms. The van der Waals surface area contributed by atoms with Gasteiger partial charge in [-0.2, -0.15) is 0 Å². The topological polar surface area (TPSA) is 127 Å². The summed E-state index contributed by atoms with van der Waals surface area (Å²) in [7, 11) is 1.54. The van der Waals surface area contributed by atoms with Gasteiger partial charge in [-0.15, -0.1) is 0 Å². The van der Waals surface area contributed by atoms with Gasteiger partial charge >= 0.3 is 0 Å². The van der Waals surface area contributed by atoms with Gasteiger partial charge in [0.1, 0.15) is 29.5 Å². The Bertz CT molecular complexity index is 1110. The molecule has 1 unspecified atom stereocenters. The Morgan fingerprint density at radius 1 is 1.03 bits per heavy atom. The molecule has 0 saturated heterocycles. The molecule has 178 valence electrons. The number of hydrogen-bond donors (Lipinski definition) is 4. The van der Waals surface area contributed by atoms with E-state index in [9.17, 15) is 19.1 Å². The molecule has 0 radical (unpaired) electrons. The lowest BCUT2D eigenvalue weighted by Gasteiger charge is -2.21. The highest BCUT2D eigenvalue weighted by Crippen LogP contribution is 2.15. The average molecular weight is 467 g/mol. The van der Waals surface area contributed by atoms with Gasteiger partial charge in [0.25, 0.3) is 0 Å². The van der Waals surface area contributed by atoms with Gasteiger partial charge in [-0.3, -0.25) is 9.59 Å². The van der Waals surface area contributed by atoms with E-state index in [1.54, 1.807) is 36.5 Å². The second-order valence-electron chi connectivity index (χ2n) is 7.77. The standard InChI is InChI=1S/C25H27FN4O4/c1-34-20-4-2-3-17(11-20)12-21(24(32)29-15-18-7-10-23(27)28-14-18)30-25(33)22(31)13-16-5-8-19(26)9-6-16/h2-11,14,21-22,31H,12-13,15H2,1H3,(H2,27,28)(H,29,32)(H,30,33)/t21-,22?/m0/s1. The number of anilines is 1. The van der Waals surface area contributed by atoms with Crippen LogP contribution in [0, 0.1) is 5.82 Å². The molecule has 0 aliphatic heterocycles. The lowest BCUT2D eigenvalue weighted by atomic mass is 10.0. The highest BCUT2D eigenvalue weighted by molar-refractivity contribution is 5.89. The Labute approximate surface area is 197 Å². The van der Waals surface area contributed by atoms with Crippen molar-refractivity contribution in [2.24, 2.45) is 0 Å². The van der Waals surface area contributed by atoms with Gasteiger partial charge in [-0.05, 0) is 47.0 Å². The molecule has 9 heteroatoms. The molecule has 0 fully saturated rings. The predicted octanol–water partition coefficient (Wildman–Crippen LogP) is 1.76. The summed E-state index contributed by atoms with van der Waals surface area (Å²) in [5.41, 5.74) is 7.69. The summed E-state index contributed by atoms with van der Waals surface area (Å²) in [6.07, 6.45) is 0.305. The first-order valence-electron chi connectivity index (χ1n) is 10.7. The van der Waals surface area contributed by atoms with Crippen molar-refractivity contribution in [3.63, 3.8) is 0 Å². The van der Waals surface area contributed by atoms with Crippen LogP contribution in [-0.2, 0) is 29.0 Å². The first kappa shape index (κ1) is 24.7. The first-order chi connectivity index (χ1) is 16.3. The van der Waals surface area contributed by atoms with Crippen molar-refractivity contribution < 1.29 is 23.8 Å². The second kappa shape index (κ2) is 11.8. The number of amides is 2. The molecule has 1 heterocycles. The number of rotatable bonds is 10. The molecule has 1 aromatic heterocycles. The average Bonchev–Trinajstić information content (AvgIpc) is 2.84. The molecular formula is C25H27FN4O4. The van der Waals surface area contributed by atoms with Gasteiger partial charge in [0.05, 0.1) is 7.11 Å².